The summed E-state index contributed by atoms with van der Waals surface area (Å²) < 4.78 is 21.6. The Balaban J connectivity index is 1.99. The van der Waals surface area contributed by atoms with Gasteiger partial charge < -0.3 is 24.3 Å². The highest BCUT2D eigenvalue weighted by atomic mass is 16.5. The summed E-state index contributed by atoms with van der Waals surface area (Å²) in [6, 6.07) is 12.0. The second kappa shape index (κ2) is 9.03. The number of hydrogen-bond donors (Lipinski definition) is 1. The maximum absolute atomic E-state index is 5.52. The monoisotopic (exact) mass is 332 g/mol. The highest BCUT2D eigenvalue weighted by Crippen LogP contribution is 2.39. The zero-order chi connectivity index (χ0) is 17.4. The maximum Gasteiger partial charge on any atom is 0.203 e. The molecule has 2 aromatic rings. The fourth-order valence-corrected chi connectivity index (χ4v) is 2.75. The van der Waals surface area contributed by atoms with Crippen molar-refractivity contribution < 1.29 is 24.3 Å². The molecular weight excluding hydrogens is 306 g/mol. The van der Waals surface area contributed by atoms with E-state index in [-0.39, 0.29) is 0 Å². The average molecular weight is 332 g/mol. The standard InChI is InChI=1S/C19H25NO4/c1-21-16-8-6-5-7-14(16)11-12-20-13-15-9-10-17(22-2)19(24-4)18(15)23-3/h5-10,20H,11-13H2,1-4H3/p+1. The first-order valence-corrected chi connectivity index (χ1v) is 7.96. The molecule has 0 spiro atoms. The van der Waals surface area contributed by atoms with Gasteiger partial charge in [0.15, 0.2) is 11.5 Å². The average Bonchev–Trinajstić information content (AvgIpc) is 2.64. The Bertz CT molecular complexity index is 658. The van der Waals surface area contributed by atoms with Crippen LogP contribution in [0, 0.1) is 0 Å². The van der Waals surface area contributed by atoms with Crippen molar-refractivity contribution in [1.29, 1.82) is 0 Å². The van der Waals surface area contributed by atoms with Crippen LogP contribution >= 0.6 is 0 Å². The molecule has 2 aromatic carbocycles. The molecule has 2 rings (SSSR count). The van der Waals surface area contributed by atoms with E-state index in [2.05, 4.69) is 11.4 Å². The molecule has 0 aliphatic heterocycles. The molecule has 0 fully saturated rings. The van der Waals surface area contributed by atoms with E-state index < -0.39 is 0 Å². The van der Waals surface area contributed by atoms with Crippen LogP contribution < -0.4 is 24.3 Å². The second-order valence-corrected chi connectivity index (χ2v) is 5.34. The molecule has 24 heavy (non-hydrogen) atoms. The van der Waals surface area contributed by atoms with Crippen molar-refractivity contribution in [2.75, 3.05) is 35.0 Å². The first-order valence-electron chi connectivity index (χ1n) is 7.96. The van der Waals surface area contributed by atoms with E-state index in [0.29, 0.717) is 11.5 Å². The minimum absolute atomic E-state index is 0.635. The van der Waals surface area contributed by atoms with Crippen LogP contribution in [0.15, 0.2) is 36.4 Å². The van der Waals surface area contributed by atoms with Gasteiger partial charge in [-0.15, -0.1) is 0 Å². The third-order valence-electron chi connectivity index (χ3n) is 3.96. The van der Waals surface area contributed by atoms with E-state index in [0.717, 1.165) is 36.6 Å². The maximum atomic E-state index is 5.52. The number of para-hydroxylation sites is 1. The third-order valence-corrected chi connectivity index (χ3v) is 3.96. The van der Waals surface area contributed by atoms with Crippen LogP contribution in [0.4, 0.5) is 0 Å². The van der Waals surface area contributed by atoms with Gasteiger partial charge in [0.1, 0.15) is 12.3 Å². The van der Waals surface area contributed by atoms with Gasteiger partial charge in [0.25, 0.3) is 0 Å². The number of ether oxygens (including phenoxy) is 4. The summed E-state index contributed by atoms with van der Waals surface area (Å²) >= 11 is 0. The van der Waals surface area contributed by atoms with Crippen molar-refractivity contribution in [3.05, 3.63) is 47.5 Å². The van der Waals surface area contributed by atoms with Crippen LogP contribution in [0.5, 0.6) is 23.0 Å². The van der Waals surface area contributed by atoms with Crippen LogP contribution in [0.25, 0.3) is 0 Å². The van der Waals surface area contributed by atoms with Crippen molar-refractivity contribution in [3.8, 4) is 23.0 Å². The Morgan fingerprint density at radius 1 is 0.708 bits per heavy atom. The van der Waals surface area contributed by atoms with Crippen LogP contribution in [0.1, 0.15) is 11.1 Å². The number of methoxy groups -OCH3 is 4. The summed E-state index contributed by atoms with van der Waals surface area (Å²) in [6.07, 6.45) is 0.944. The number of benzene rings is 2. The van der Waals surface area contributed by atoms with Gasteiger partial charge in [-0.3, -0.25) is 0 Å². The molecule has 130 valence electrons. The van der Waals surface area contributed by atoms with Gasteiger partial charge in [-0.1, -0.05) is 18.2 Å². The second-order valence-electron chi connectivity index (χ2n) is 5.34. The summed E-state index contributed by atoms with van der Waals surface area (Å²) in [4.78, 5) is 0. The molecule has 0 aromatic heterocycles. The van der Waals surface area contributed by atoms with Crippen LogP contribution in [-0.2, 0) is 13.0 Å². The van der Waals surface area contributed by atoms with E-state index in [9.17, 15) is 0 Å². The summed E-state index contributed by atoms with van der Waals surface area (Å²) in [5.41, 5.74) is 2.30. The van der Waals surface area contributed by atoms with E-state index in [1.54, 1.807) is 28.4 Å². The molecule has 5 nitrogen and oxygen atoms in total. The van der Waals surface area contributed by atoms with Crippen molar-refractivity contribution in [3.63, 3.8) is 0 Å². The van der Waals surface area contributed by atoms with Crippen LogP contribution in [-0.4, -0.2) is 35.0 Å². The van der Waals surface area contributed by atoms with Gasteiger partial charge in [-0.25, -0.2) is 0 Å². The van der Waals surface area contributed by atoms with E-state index in [4.69, 9.17) is 18.9 Å². The highest BCUT2D eigenvalue weighted by Gasteiger charge is 2.16. The fourth-order valence-electron chi connectivity index (χ4n) is 2.75. The summed E-state index contributed by atoms with van der Waals surface area (Å²) in [7, 11) is 6.60. The molecule has 5 heteroatoms. The molecular formula is C19H26NO4+. The first-order chi connectivity index (χ1) is 11.7. The Morgan fingerprint density at radius 3 is 2.08 bits per heavy atom. The van der Waals surface area contributed by atoms with Crippen molar-refractivity contribution in [2.45, 2.75) is 13.0 Å². The lowest BCUT2D eigenvalue weighted by Gasteiger charge is -2.15. The van der Waals surface area contributed by atoms with Crippen LogP contribution in [0.2, 0.25) is 0 Å². The number of quaternary nitrogens is 1. The van der Waals surface area contributed by atoms with Crippen LogP contribution in [0.3, 0.4) is 0 Å². The lowest BCUT2D eigenvalue weighted by molar-refractivity contribution is -0.670. The number of nitrogens with two attached hydrogens (primary N) is 1. The third kappa shape index (κ3) is 4.11. The molecule has 0 amide bonds. The van der Waals surface area contributed by atoms with Crippen molar-refractivity contribution in [2.24, 2.45) is 0 Å². The molecule has 0 radical (unpaired) electrons. The minimum atomic E-state index is 0.635. The Labute approximate surface area is 143 Å². The zero-order valence-corrected chi connectivity index (χ0v) is 14.8. The Kier molecular flexibility index (Phi) is 6.75. The predicted molar refractivity (Wildman–Crippen MR) is 93.3 cm³/mol. The largest absolute Gasteiger partial charge is 0.496 e. The van der Waals surface area contributed by atoms with Gasteiger partial charge in [0.05, 0.1) is 40.5 Å². The fraction of sp³-hybridized carbons (Fsp3) is 0.368. The predicted octanol–water partition coefficient (Wildman–Crippen LogP) is 2.03. The number of hydrogen-bond acceptors (Lipinski definition) is 4. The van der Waals surface area contributed by atoms with Gasteiger partial charge in [-0.2, -0.15) is 0 Å². The van der Waals surface area contributed by atoms with Gasteiger partial charge >= 0.3 is 0 Å². The molecule has 0 saturated carbocycles. The van der Waals surface area contributed by atoms with Crippen molar-refractivity contribution in [1.82, 2.24) is 0 Å². The molecule has 0 aliphatic rings. The highest BCUT2D eigenvalue weighted by molar-refractivity contribution is 5.55. The summed E-state index contributed by atoms with van der Waals surface area (Å²) in [5, 5.41) is 2.25. The molecule has 0 bridgehead atoms. The first kappa shape index (κ1) is 17.9. The quantitative estimate of drug-likeness (QED) is 0.714. The van der Waals surface area contributed by atoms with Gasteiger partial charge in [0.2, 0.25) is 5.75 Å². The molecule has 0 atom stereocenters. The van der Waals surface area contributed by atoms with Crippen molar-refractivity contribution >= 4 is 0 Å². The lowest BCUT2D eigenvalue weighted by Crippen LogP contribution is -2.83. The molecule has 2 N–H and O–H groups in total. The summed E-state index contributed by atoms with van der Waals surface area (Å²) in [6.45, 7) is 1.76. The summed E-state index contributed by atoms with van der Waals surface area (Å²) in [5.74, 6) is 2.97. The SMILES string of the molecule is COc1ccccc1CC[NH2+]Cc1ccc(OC)c(OC)c1OC. The van der Waals surface area contributed by atoms with E-state index in [1.807, 2.05) is 30.3 Å². The Hall–Kier alpha value is -2.40. The normalized spacial score (nSPS) is 10.3. The van der Waals surface area contributed by atoms with E-state index >= 15 is 0 Å². The smallest absolute Gasteiger partial charge is 0.203 e. The minimum Gasteiger partial charge on any atom is -0.496 e. The Morgan fingerprint density at radius 2 is 1.42 bits per heavy atom. The van der Waals surface area contributed by atoms with Gasteiger partial charge in [-0.05, 0) is 23.8 Å². The molecule has 0 saturated heterocycles. The lowest BCUT2D eigenvalue weighted by atomic mass is 10.1. The molecule has 0 aliphatic carbocycles. The van der Waals surface area contributed by atoms with Gasteiger partial charge in [0, 0.05) is 6.42 Å². The molecule has 0 unspecified atom stereocenters. The molecule has 0 heterocycles. The van der Waals surface area contributed by atoms with E-state index in [1.165, 1.54) is 5.56 Å². The topological polar surface area (TPSA) is 53.5 Å². The zero-order valence-electron chi connectivity index (χ0n) is 14.8. The number of rotatable bonds is 9.